The number of carbonyl (C=O) groups excluding carboxylic acids is 2. The average molecular weight is 671 g/mol. The third kappa shape index (κ3) is 6.74. The number of fused-ring (bicyclic) bond motifs is 1. The van der Waals surface area contributed by atoms with Crippen molar-refractivity contribution in [2.75, 3.05) is 49.6 Å². The second kappa shape index (κ2) is 13.6. The number of aliphatic hydroxyl groups is 1. The topological polar surface area (TPSA) is 156 Å². The molecule has 0 aliphatic carbocycles. The molecule has 3 aromatic rings. The highest BCUT2D eigenvalue weighted by molar-refractivity contribution is 6.44. The third-order valence-electron chi connectivity index (χ3n) is 7.74. The van der Waals surface area contributed by atoms with E-state index in [1.54, 1.807) is 11.8 Å². The number of aromatic nitrogens is 4. The van der Waals surface area contributed by atoms with E-state index in [0.717, 1.165) is 22.8 Å². The van der Waals surface area contributed by atoms with Gasteiger partial charge >= 0.3 is 6.18 Å². The second-order valence-electron chi connectivity index (χ2n) is 10.9. The number of anilines is 2. The van der Waals surface area contributed by atoms with Crippen molar-refractivity contribution in [1.29, 1.82) is 0 Å². The summed E-state index contributed by atoms with van der Waals surface area (Å²) in [5, 5.41) is 16.9. The van der Waals surface area contributed by atoms with Crippen molar-refractivity contribution in [3.8, 4) is 0 Å². The molecule has 2 N–H and O–H groups in total. The Morgan fingerprint density at radius 1 is 1.19 bits per heavy atom. The molecule has 2 aliphatic rings. The minimum Gasteiger partial charge on any atom is -0.506 e. The van der Waals surface area contributed by atoms with E-state index in [0.29, 0.717) is 12.3 Å². The Labute approximate surface area is 272 Å². The van der Waals surface area contributed by atoms with Crippen LogP contribution in [0.25, 0.3) is 11.5 Å². The Bertz CT molecular complexity index is 1900. The molecule has 1 aromatic carbocycles. The van der Waals surface area contributed by atoms with Crippen molar-refractivity contribution < 1.29 is 37.3 Å². The predicted octanol–water partition coefficient (Wildman–Crippen LogP) is 3.07. The highest BCUT2D eigenvalue weighted by Gasteiger charge is 2.32. The molecule has 4 heterocycles. The first kappa shape index (κ1) is 33.7. The van der Waals surface area contributed by atoms with Crippen LogP contribution in [-0.4, -0.2) is 86.1 Å². The first-order valence-electron chi connectivity index (χ1n) is 14.9. The number of piperazine rings is 1. The van der Waals surface area contributed by atoms with E-state index in [4.69, 9.17) is 9.47 Å². The molecule has 0 radical (unpaired) electrons. The number of aliphatic imine (C=N–C) groups is 1. The summed E-state index contributed by atoms with van der Waals surface area (Å²) < 4.78 is 53.1. The maximum atomic E-state index is 14.1. The number of hydrogen-bond donors (Lipinski definition) is 2. The molecular weight excluding hydrogens is 637 g/mol. The first-order valence-corrected chi connectivity index (χ1v) is 14.9. The number of ether oxygens (including phenoxy) is 2. The van der Waals surface area contributed by atoms with Gasteiger partial charge in [0.1, 0.15) is 37.5 Å². The number of aliphatic hydroxyl groups excluding tert-OH is 1. The number of benzene rings is 1. The molecular formula is C31H33F3N8O6. The molecule has 2 aromatic heterocycles. The molecule has 254 valence electrons. The number of halogens is 3. The molecule has 14 nitrogen and oxygen atoms in total. The van der Waals surface area contributed by atoms with E-state index in [-0.39, 0.29) is 85.8 Å². The third-order valence-corrected chi connectivity index (χ3v) is 7.74. The van der Waals surface area contributed by atoms with Crippen molar-refractivity contribution in [2.45, 2.75) is 33.0 Å². The number of hydrogen-bond acceptors (Lipinski definition) is 10. The van der Waals surface area contributed by atoms with Crippen LogP contribution in [0.15, 0.2) is 59.4 Å². The summed E-state index contributed by atoms with van der Waals surface area (Å²) in [6.45, 7) is 11.0. The largest absolute Gasteiger partial charge is 0.506 e. The van der Waals surface area contributed by atoms with E-state index >= 15 is 0 Å². The van der Waals surface area contributed by atoms with Gasteiger partial charge in [-0.05, 0) is 37.1 Å². The van der Waals surface area contributed by atoms with Crippen LogP contribution in [0, 0.1) is 6.92 Å². The SMILES string of the molecule is C=CN=C(C(=C)O)C(=O)N1CCN(c2c(CC)n(CC(=O)Nc3ccc(C(F)(F)F)cc3C)c3nc(C4=COCCO4)nn3c2=O)CC1. The number of amides is 2. The molecule has 48 heavy (non-hydrogen) atoms. The van der Waals surface area contributed by atoms with Crippen molar-refractivity contribution in [2.24, 2.45) is 4.99 Å². The molecule has 1 fully saturated rings. The molecule has 2 amide bonds. The van der Waals surface area contributed by atoms with Crippen LogP contribution in [0.3, 0.4) is 0 Å². The minimum absolute atomic E-state index is 0.0329. The fourth-order valence-corrected chi connectivity index (χ4v) is 5.46. The summed E-state index contributed by atoms with van der Waals surface area (Å²) in [6.07, 6.45) is -1.81. The van der Waals surface area contributed by atoms with Crippen molar-refractivity contribution in [1.82, 2.24) is 24.1 Å². The zero-order valence-electron chi connectivity index (χ0n) is 26.2. The highest BCUT2D eigenvalue weighted by atomic mass is 19.4. The summed E-state index contributed by atoms with van der Waals surface area (Å²) >= 11 is 0. The molecule has 0 bridgehead atoms. The number of nitrogens with one attached hydrogen (secondary N) is 1. The monoisotopic (exact) mass is 670 g/mol. The Morgan fingerprint density at radius 2 is 1.92 bits per heavy atom. The van der Waals surface area contributed by atoms with Crippen LogP contribution in [0.2, 0.25) is 0 Å². The number of rotatable bonds is 9. The lowest BCUT2D eigenvalue weighted by molar-refractivity contribution is -0.137. The van der Waals surface area contributed by atoms with Crippen molar-refractivity contribution in [3.63, 3.8) is 0 Å². The van der Waals surface area contributed by atoms with Crippen LogP contribution in [0.1, 0.15) is 29.6 Å². The van der Waals surface area contributed by atoms with Gasteiger partial charge in [0.2, 0.25) is 23.3 Å². The zero-order valence-corrected chi connectivity index (χ0v) is 26.2. The Morgan fingerprint density at radius 3 is 2.50 bits per heavy atom. The maximum absolute atomic E-state index is 14.1. The van der Waals surface area contributed by atoms with E-state index in [1.807, 2.05) is 0 Å². The summed E-state index contributed by atoms with van der Waals surface area (Å²) in [7, 11) is 0. The second-order valence-corrected chi connectivity index (χ2v) is 10.9. The molecule has 0 atom stereocenters. The average Bonchev–Trinajstić information content (AvgIpc) is 3.51. The number of nitrogens with zero attached hydrogens (tertiary/aromatic N) is 7. The summed E-state index contributed by atoms with van der Waals surface area (Å²) in [5.74, 6) is -1.37. The normalized spacial score (nSPS) is 15.4. The number of aryl methyl sites for hydroxylation is 1. The zero-order chi connectivity index (χ0) is 34.7. The molecule has 0 unspecified atom stereocenters. The van der Waals surface area contributed by atoms with Gasteiger partial charge in [0.15, 0.2) is 5.71 Å². The Kier molecular flexibility index (Phi) is 9.58. The fourth-order valence-electron chi connectivity index (χ4n) is 5.46. The molecule has 1 saturated heterocycles. The molecule has 0 spiro atoms. The van der Waals surface area contributed by atoms with E-state index in [2.05, 4.69) is 33.5 Å². The Hall–Kier alpha value is -5.61. The van der Waals surface area contributed by atoms with E-state index < -0.39 is 34.9 Å². The molecule has 5 rings (SSSR count). The highest BCUT2D eigenvalue weighted by Crippen LogP contribution is 2.32. The summed E-state index contributed by atoms with van der Waals surface area (Å²) in [5.41, 5.74) is -0.538. The predicted molar refractivity (Wildman–Crippen MR) is 170 cm³/mol. The fraction of sp³-hybridized carbons (Fsp3) is 0.355. The van der Waals surface area contributed by atoms with Gasteiger partial charge in [0.25, 0.3) is 11.5 Å². The van der Waals surface area contributed by atoms with Gasteiger partial charge in [0, 0.05) is 38.1 Å². The lowest BCUT2D eigenvalue weighted by Gasteiger charge is -2.36. The van der Waals surface area contributed by atoms with Crippen LogP contribution in [0.4, 0.5) is 24.5 Å². The smallest absolute Gasteiger partial charge is 0.416 e. The van der Waals surface area contributed by atoms with Gasteiger partial charge < -0.3 is 34.3 Å². The van der Waals surface area contributed by atoms with Crippen LogP contribution in [0.5, 0.6) is 0 Å². The van der Waals surface area contributed by atoms with Crippen LogP contribution >= 0.6 is 0 Å². The van der Waals surface area contributed by atoms with Gasteiger partial charge in [-0.3, -0.25) is 14.4 Å². The summed E-state index contributed by atoms with van der Waals surface area (Å²) in [4.78, 5) is 52.1. The molecule has 2 aliphatic heterocycles. The lowest BCUT2D eigenvalue weighted by atomic mass is 10.1. The standard InChI is InChI=1S/C31H33F3N8O6/c1-5-22-26(39-9-11-40(12-10-39)28(45)25(19(4)43)35-6-2)29(46)42-30(37-27(38-42)23-17-47-13-14-48-23)41(22)16-24(44)36-21-8-7-20(15-18(21)3)31(32,33)34/h6-8,15,17,43H,2,4-5,9-14,16H2,1,3H3,(H,36,44). The van der Waals surface area contributed by atoms with Gasteiger partial charge in [-0.1, -0.05) is 20.1 Å². The Balaban J connectivity index is 1.52. The maximum Gasteiger partial charge on any atom is 0.416 e. The lowest BCUT2D eigenvalue weighted by Crippen LogP contribution is -2.52. The van der Waals surface area contributed by atoms with E-state index in [9.17, 15) is 32.7 Å². The number of alkyl halides is 3. The summed E-state index contributed by atoms with van der Waals surface area (Å²) in [6, 6.07) is 3.01. The van der Waals surface area contributed by atoms with Gasteiger partial charge in [0.05, 0.1) is 11.3 Å². The van der Waals surface area contributed by atoms with Crippen LogP contribution < -0.4 is 15.8 Å². The van der Waals surface area contributed by atoms with Gasteiger partial charge in [-0.15, -0.1) is 5.10 Å². The van der Waals surface area contributed by atoms with Gasteiger partial charge in [-0.25, -0.2) is 4.99 Å². The molecule has 17 heteroatoms. The van der Waals surface area contributed by atoms with Crippen LogP contribution in [-0.2, 0) is 38.2 Å². The molecule has 0 saturated carbocycles. The number of carbonyl (C=O) groups is 2. The van der Waals surface area contributed by atoms with Gasteiger partial charge in [-0.2, -0.15) is 22.7 Å². The minimum atomic E-state index is -4.54. The van der Waals surface area contributed by atoms with Crippen molar-refractivity contribution in [3.05, 3.63) is 82.6 Å². The van der Waals surface area contributed by atoms with E-state index in [1.165, 1.54) is 28.7 Å². The first-order chi connectivity index (χ1) is 22.8. The van der Waals surface area contributed by atoms with Crippen molar-refractivity contribution >= 4 is 40.4 Å². The quantitative estimate of drug-likeness (QED) is 0.258.